The molecule has 1 heterocycles. The molecule has 0 amide bonds. The zero-order valence-electron chi connectivity index (χ0n) is 16.9. The van der Waals surface area contributed by atoms with E-state index >= 15 is 0 Å². The van der Waals surface area contributed by atoms with Crippen molar-refractivity contribution >= 4 is 16.1 Å². The second kappa shape index (κ2) is 10.7. The lowest BCUT2D eigenvalue weighted by atomic mass is 10.2. The van der Waals surface area contributed by atoms with Crippen molar-refractivity contribution in [2.45, 2.75) is 50.1 Å². The summed E-state index contributed by atoms with van der Waals surface area (Å²) in [5.41, 5.74) is 1.74. The van der Waals surface area contributed by atoms with Crippen LogP contribution in [-0.2, 0) is 39.9 Å². The van der Waals surface area contributed by atoms with Gasteiger partial charge in [0.25, 0.3) is 10.1 Å². The van der Waals surface area contributed by atoms with Gasteiger partial charge in [-0.2, -0.15) is 8.42 Å². The van der Waals surface area contributed by atoms with Gasteiger partial charge < -0.3 is 14.2 Å². The Morgan fingerprint density at radius 3 is 2.50 bits per heavy atom. The molecule has 0 N–H and O–H groups in total. The lowest BCUT2D eigenvalue weighted by Crippen LogP contribution is -2.37. The van der Waals surface area contributed by atoms with E-state index in [0.29, 0.717) is 13.0 Å². The number of hydrogen-bond donors (Lipinski definition) is 0. The molecule has 0 aliphatic carbocycles. The minimum absolute atomic E-state index is 0.0124. The first-order valence-electron chi connectivity index (χ1n) is 9.88. The molecule has 0 bridgehead atoms. The molecule has 1 aliphatic heterocycles. The average molecular weight is 435 g/mol. The van der Waals surface area contributed by atoms with Gasteiger partial charge in [-0.15, -0.1) is 0 Å². The average Bonchev–Trinajstić information content (AvgIpc) is 2.76. The normalized spacial score (nSPS) is 18.0. The lowest BCUT2D eigenvalue weighted by molar-refractivity contribution is -0.208. The summed E-state index contributed by atoms with van der Waals surface area (Å²) >= 11 is 0. The van der Waals surface area contributed by atoms with E-state index in [0.717, 1.165) is 24.0 Å². The van der Waals surface area contributed by atoms with Gasteiger partial charge in [-0.25, -0.2) is 4.79 Å². The van der Waals surface area contributed by atoms with Crippen LogP contribution in [0.25, 0.3) is 0 Å². The van der Waals surface area contributed by atoms with Gasteiger partial charge in [0.15, 0.2) is 12.4 Å². The molecule has 0 spiro atoms. The largest absolute Gasteiger partial charge is 0.459 e. The van der Waals surface area contributed by atoms with Crippen LogP contribution in [0.2, 0.25) is 0 Å². The third-order valence-electron chi connectivity index (χ3n) is 4.62. The Bertz CT molecular complexity index is 904. The predicted molar refractivity (Wildman–Crippen MR) is 109 cm³/mol. The molecule has 7 nitrogen and oxygen atoms in total. The molecule has 2 atom stereocenters. The van der Waals surface area contributed by atoms with Crippen LogP contribution in [0.1, 0.15) is 30.4 Å². The summed E-state index contributed by atoms with van der Waals surface area (Å²) in [5.74, 6) is -0.702. The Labute approximate surface area is 177 Å². The van der Waals surface area contributed by atoms with Crippen molar-refractivity contribution in [1.29, 1.82) is 0 Å². The first kappa shape index (κ1) is 22.4. The summed E-state index contributed by atoms with van der Waals surface area (Å²) in [7, 11) is -4.04. The van der Waals surface area contributed by atoms with Crippen molar-refractivity contribution in [2.24, 2.45) is 0 Å². The molecule has 1 saturated heterocycles. The zero-order chi connectivity index (χ0) is 21.4. The number of aryl methyl sites for hydroxylation is 1. The maximum atomic E-state index is 12.6. The maximum Gasteiger partial charge on any atom is 0.338 e. The number of rotatable bonds is 9. The predicted octanol–water partition coefficient (Wildman–Crippen LogP) is 3.36. The number of benzene rings is 2. The van der Waals surface area contributed by atoms with Gasteiger partial charge in [0.2, 0.25) is 0 Å². The molecular formula is C22H26O7S. The highest BCUT2D eigenvalue weighted by Crippen LogP contribution is 2.19. The van der Waals surface area contributed by atoms with Gasteiger partial charge in [-0.05, 0) is 43.9 Å². The van der Waals surface area contributed by atoms with E-state index in [1.165, 1.54) is 12.1 Å². The molecule has 0 saturated carbocycles. The van der Waals surface area contributed by atoms with Crippen molar-refractivity contribution in [2.75, 3.05) is 13.2 Å². The van der Waals surface area contributed by atoms with E-state index < -0.39 is 35.1 Å². The number of ether oxygens (including phenoxy) is 3. The summed E-state index contributed by atoms with van der Waals surface area (Å²) in [6, 6.07) is 15.5. The molecule has 1 unspecified atom stereocenters. The third kappa shape index (κ3) is 6.63. The third-order valence-corrected chi connectivity index (χ3v) is 5.92. The second-order valence-corrected chi connectivity index (χ2v) is 8.68. The molecule has 1 fully saturated rings. The summed E-state index contributed by atoms with van der Waals surface area (Å²) in [5, 5.41) is 0. The molecule has 2 aromatic rings. The number of hydrogen-bond acceptors (Lipinski definition) is 7. The summed E-state index contributed by atoms with van der Waals surface area (Å²) in [6.45, 7) is 1.94. The van der Waals surface area contributed by atoms with Crippen LogP contribution in [0.3, 0.4) is 0 Å². The minimum Gasteiger partial charge on any atom is -0.459 e. The SMILES string of the molecule is Cc1ccc(S(=O)(=O)OC[C@@H](OC2CCCCO2)C(=O)OCc2ccccc2)cc1. The van der Waals surface area contributed by atoms with E-state index in [-0.39, 0.29) is 11.5 Å². The number of esters is 1. The van der Waals surface area contributed by atoms with Crippen molar-refractivity contribution in [3.8, 4) is 0 Å². The fourth-order valence-corrected chi connectivity index (χ4v) is 3.82. The Kier molecular flexibility index (Phi) is 7.98. The van der Waals surface area contributed by atoms with E-state index in [2.05, 4.69) is 0 Å². The Morgan fingerprint density at radius 1 is 1.10 bits per heavy atom. The maximum absolute atomic E-state index is 12.6. The van der Waals surface area contributed by atoms with E-state index in [9.17, 15) is 13.2 Å². The minimum atomic E-state index is -4.04. The second-order valence-electron chi connectivity index (χ2n) is 7.07. The quantitative estimate of drug-likeness (QED) is 0.442. The first-order chi connectivity index (χ1) is 14.4. The van der Waals surface area contributed by atoms with Gasteiger partial charge in [-0.1, -0.05) is 48.0 Å². The first-order valence-corrected chi connectivity index (χ1v) is 11.3. The zero-order valence-corrected chi connectivity index (χ0v) is 17.7. The van der Waals surface area contributed by atoms with E-state index in [1.807, 2.05) is 37.3 Å². The lowest BCUT2D eigenvalue weighted by Gasteiger charge is -2.26. The van der Waals surface area contributed by atoms with E-state index in [4.69, 9.17) is 18.4 Å². The van der Waals surface area contributed by atoms with Gasteiger partial charge >= 0.3 is 5.97 Å². The van der Waals surface area contributed by atoms with Gasteiger partial charge in [0.1, 0.15) is 13.2 Å². The molecule has 3 rings (SSSR count). The molecule has 162 valence electrons. The van der Waals surface area contributed by atoms with Crippen LogP contribution < -0.4 is 0 Å². The van der Waals surface area contributed by atoms with Gasteiger partial charge in [0, 0.05) is 6.61 Å². The Morgan fingerprint density at radius 2 is 1.83 bits per heavy atom. The van der Waals surface area contributed by atoms with Crippen LogP contribution >= 0.6 is 0 Å². The molecular weight excluding hydrogens is 408 g/mol. The molecule has 0 aromatic heterocycles. The highest BCUT2D eigenvalue weighted by atomic mass is 32.2. The van der Waals surface area contributed by atoms with Crippen molar-refractivity contribution < 1.29 is 31.6 Å². The van der Waals surface area contributed by atoms with Crippen LogP contribution in [0.15, 0.2) is 59.5 Å². The molecule has 2 aromatic carbocycles. The summed E-state index contributed by atoms with van der Waals surface area (Å²) < 4.78 is 46.6. The monoisotopic (exact) mass is 434 g/mol. The standard InChI is InChI=1S/C22H26O7S/c1-17-10-12-19(13-11-17)30(24,25)28-16-20(29-21-9-5-6-14-26-21)22(23)27-15-18-7-3-2-4-8-18/h2-4,7-8,10-13,20-21H,5-6,9,14-16H2,1H3/t20-,21?/m1/s1. The Hall–Kier alpha value is -2.26. The molecule has 0 radical (unpaired) electrons. The van der Waals surface area contributed by atoms with E-state index in [1.54, 1.807) is 12.1 Å². The van der Waals surface area contributed by atoms with Gasteiger partial charge in [0.05, 0.1) is 4.90 Å². The fourth-order valence-electron chi connectivity index (χ4n) is 2.91. The Balaban J connectivity index is 1.65. The van der Waals surface area contributed by atoms with Crippen molar-refractivity contribution in [3.63, 3.8) is 0 Å². The molecule has 8 heteroatoms. The van der Waals surface area contributed by atoms with Crippen LogP contribution in [-0.4, -0.2) is 40.0 Å². The summed E-state index contributed by atoms with van der Waals surface area (Å²) in [6.07, 6.45) is 0.615. The van der Waals surface area contributed by atoms with Crippen molar-refractivity contribution in [3.05, 3.63) is 65.7 Å². The highest BCUT2D eigenvalue weighted by Gasteiger charge is 2.29. The molecule has 1 aliphatic rings. The van der Waals surface area contributed by atoms with Gasteiger partial charge in [-0.3, -0.25) is 4.18 Å². The smallest absolute Gasteiger partial charge is 0.338 e. The summed E-state index contributed by atoms with van der Waals surface area (Å²) in [4.78, 5) is 12.6. The topological polar surface area (TPSA) is 88.1 Å². The van der Waals surface area contributed by atoms with Crippen LogP contribution in [0.5, 0.6) is 0 Å². The highest BCUT2D eigenvalue weighted by molar-refractivity contribution is 7.86. The fraction of sp³-hybridized carbons (Fsp3) is 0.409. The number of carbonyl (C=O) groups is 1. The number of carbonyl (C=O) groups excluding carboxylic acids is 1. The molecule has 30 heavy (non-hydrogen) atoms. The van der Waals surface area contributed by atoms with Crippen LogP contribution in [0, 0.1) is 6.92 Å². The van der Waals surface area contributed by atoms with Crippen molar-refractivity contribution in [1.82, 2.24) is 0 Å². The van der Waals surface area contributed by atoms with Crippen LogP contribution in [0.4, 0.5) is 0 Å².